The van der Waals surface area contributed by atoms with E-state index in [2.05, 4.69) is 0 Å². The first-order valence-corrected chi connectivity index (χ1v) is 6.45. The molecule has 0 aliphatic heterocycles. The Balaban J connectivity index is 2.86. The zero-order valence-electron chi connectivity index (χ0n) is 7.81. The molecule has 0 aromatic heterocycles. The number of carbonyl (C=O) groups excluding carboxylic acids is 2. The van der Waals surface area contributed by atoms with Crippen molar-refractivity contribution in [1.29, 1.82) is 0 Å². The predicted octanol–water partition coefficient (Wildman–Crippen LogP) is -1.46. The number of carboxylic acids is 2. The minimum absolute atomic E-state index is 0.330. The lowest BCUT2D eigenvalue weighted by atomic mass is 9.72. The smallest absolute Gasteiger partial charge is 0.0698 e. The maximum atomic E-state index is 10.8. The van der Waals surface area contributed by atoms with E-state index in [1.807, 2.05) is 0 Å². The molecular weight excluding hydrogens is 224 g/mol. The molecule has 14 heavy (non-hydrogen) atoms. The zero-order valence-corrected chi connectivity index (χ0v) is 9.44. The van der Waals surface area contributed by atoms with Gasteiger partial charge in [0.05, 0.1) is 4.08 Å². The highest BCUT2D eigenvalue weighted by Crippen LogP contribution is 2.57. The molecule has 0 amide bonds. The number of rotatable bonds is 4. The van der Waals surface area contributed by atoms with Crippen molar-refractivity contribution < 1.29 is 19.8 Å². The SMILES string of the molecule is CSC1(SC)C[C@H](C(=O)[O-])[C@H]1C(=O)[O-]. The number of thioether (sulfide) groups is 2. The van der Waals surface area contributed by atoms with Crippen LogP contribution in [0.2, 0.25) is 0 Å². The standard InChI is InChI=1S/C8H12O4S2/c1-13-8(14-2)3-4(6(9)10)5(8)7(11)12/h4-5H,3H2,1-2H3,(H,9,10)(H,11,12)/p-2/t4-,5-/m0/s1. The van der Waals surface area contributed by atoms with E-state index in [0.717, 1.165) is 0 Å². The van der Waals surface area contributed by atoms with E-state index < -0.39 is 27.9 Å². The van der Waals surface area contributed by atoms with Gasteiger partial charge in [-0.15, -0.1) is 23.5 Å². The summed E-state index contributed by atoms with van der Waals surface area (Å²) in [5, 5.41) is 21.4. The molecule has 0 saturated heterocycles. The van der Waals surface area contributed by atoms with E-state index in [1.54, 1.807) is 12.5 Å². The third-order valence-corrected chi connectivity index (χ3v) is 5.85. The van der Waals surface area contributed by atoms with Crippen molar-refractivity contribution >= 4 is 35.5 Å². The summed E-state index contributed by atoms with van der Waals surface area (Å²) in [7, 11) is 0. The van der Waals surface area contributed by atoms with E-state index >= 15 is 0 Å². The van der Waals surface area contributed by atoms with E-state index in [4.69, 9.17) is 0 Å². The summed E-state index contributed by atoms with van der Waals surface area (Å²) in [6.07, 6.45) is 3.88. The Bertz CT molecular complexity index is 262. The Hall–Kier alpha value is -0.360. The van der Waals surface area contributed by atoms with Gasteiger partial charge in [0.2, 0.25) is 0 Å². The lowest BCUT2D eigenvalue weighted by molar-refractivity contribution is -0.332. The second-order valence-electron chi connectivity index (χ2n) is 3.15. The van der Waals surface area contributed by atoms with Gasteiger partial charge in [0.15, 0.2) is 0 Å². The molecule has 0 radical (unpaired) electrons. The first-order valence-electron chi connectivity index (χ1n) is 4.00. The molecule has 0 heterocycles. The molecule has 0 unspecified atom stereocenters. The summed E-state index contributed by atoms with van der Waals surface area (Å²) < 4.78 is -0.552. The molecule has 2 atom stereocenters. The quantitative estimate of drug-likeness (QED) is 0.553. The number of carboxylic acid groups (broad SMARTS) is 2. The van der Waals surface area contributed by atoms with Crippen LogP contribution in [-0.4, -0.2) is 28.5 Å². The summed E-state index contributed by atoms with van der Waals surface area (Å²) in [6.45, 7) is 0. The van der Waals surface area contributed by atoms with E-state index in [0.29, 0.717) is 6.42 Å². The topological polar surface area (TPSA) is 80.3 Å². The number of hydrogen-bond acceptors (Lipinski definition) is 6. The van der Waals surface area contributed by atoms with Crippen LogP contribution in [0.5, 0.6) is 0 Å². The lowest BCUT2D eigenvalue weighted by Crippen LogP contribution is -2.61. The average Bonchev–Trinajstić information content (AvgIpc) is 2.03. The second-order valence-corrected chi connectivity index (χ2v) is 5.68. The molecule has 1 aliphatic rings. The third-order valence-electron chi connectivity index (χ3n) is 2.63. The number of aliphatic carboxylic acids is 2. The van der Waals surface area contributed by atoms with Crippen LogP contribution >= 0.6 is 23.5 Å². The highest BCUT2D eigenvalue weighted by atomic mass is 32.2. The Morgan fingerprint density at radius 2 is 1.71 bits per heavy atom. The van der Waals surface area contributed by atoms with Gasteiger partial charge in [0, 0.05) is 23.8 Å². The first-order chi connectivity index (χ1) is 6.48. The minimum atomic E-state index is -1.30. The Morgan fingerprint density at radius 1 is 1.21 bits per heavy atom. The summed E-state index contributed by atoms with van der Waals surface area (Å²) in [5.74, 6) is -4.44. The van der Waals surface area contributed by atoms with Crippen LogP contribution in [0.4, 0.5) is 0 Å². The Kier molecular flexibility index (Phi) is 3.36. The summed E-state index contributed by atoms with van der Waals surface area (Å²) >= 11 is 2.74. The van der Waals surface area contributed by atoms with Gasteiger partial charge in [-0.1, -0.05) is 0 Å². The number of carbonyl (C=O) groups is 2. The van der Waals surface area contributed by atoms with Crippen LogP contribution in [0.15, 0.2) is 0 Å². The second kappa shape index (κ2) is 4.02. The summed E-state index contributed by atoms with van der Waals surface area (Å²) in [4.78, 5) is 21.4. The van der Waals surface area contributed by atoms with E-state index in [-0.39, 0.29) is 0 Å². The predicted molar refractivity (Wildman–Crippen MR) is 51.4 cm³/mol. The van der Waals surface area contributed by atoms with Crippen molar-refractivity contribution in [3.63, 3.8) is 0 Å². The average molecular weight is 234 g/mol. The van der Waals surface area contributed by atoms with Crippen LogP contribution < -0.4 is 10.2 Å². The molecule has 1 saturated carbocycles. The Morgan fingerprint density at radius 3 is 2.00 bits per heavy atom. The Labute approximate surface area is 90.4 Å². The minimum Gasteiger partial charge on any atom is -0.550 e. The molecular formula is C8H10O4S2-2. The van der Waals surface area contributed by atoms with Crippen LogP contribution in [0, 0.1) is 11.8 Å². The zero-order chi connectivity index (χ0) is 10.9. The van der Waals surface area contributed by atoms with Crippen molar-refractivity contribution in [3.8, 4) is 0 Å². The third kappa shape index (κ3) is 1.61. The monoisotopic (exact) mass is 234 g/mol. The molecule has 1 rings (SSSR count). The normalized spacial score (nSPS) is 29.3. The molecule has 0 spiro atoms. The van der Waals surface area contributed by atoms with Crippen LogP contribution in [-0.2, 0) is 9.59 Å². The molecule has 0 N–H and O–H groups in total. The number of hydrogen-bond donors (Lipinski definition) is 0. The van der Waals surface area contributed by atoms with Gasteiger partial charge in [-0.25, -0.2) is 0 Å². The highest BCUT2D eigenvalue weighted by Gasteiger charge is 2.54. The highest BCUT2D eigenvalue weighted by molar-refractivity contribution is 8.17. The van der Waals surface area contributed by atoms with Crippen LogP contribution in [0.25, 0.3) is 0 Å². The fraction of sp³-hybridized carbons (Fsp3) is 0.750. The van der Waals surface area contributed by atoms with Crippen molar-refractivity contribution in [2.75, 3.05) is 12.5 Å². The molecule has 1 aliphatic carbocycles. The lowest BCUT2D eigenvalue weighted by Gasteiger charge is -2.54. The maximum Gasteiger partial charge on any atom is 0.0698 e. The largest absolute Gasteiger partial charge is 0.550 e. The van der Waals surface area contributed by atoms with Gasteiger partial charge in [-0.3, -0.25) is 0 Å². The molecule has 0 bridgehead atoms. The molecule has 0 aromatic rings. The first kappa shape index (κ1) is 11.7. The fourth-order valence-corrected chi connectivity index (χ4v) is 4.15. The van der Waals surface area contributed by atoms with Crippen molar-refractivity contribution in [2.24, 2.45) is 11.8 Å². The van der Waals surface area contributed by atoms with Crippen molar-refractivity contribution in [3.05, 3.63) is 0 Å². The molecule has 0 aromatic carbocycles. The van der Waals surface area contributed by atoms with E-state index in [1.165, 1.54) is 23.5 Å². The summed E-state index contributed by atoms with van der Waals surface area (Å²) in [5.41, 5.74) is 0. The maximum absolute atomic E-state index is 10.8. The van der Waals surface area contributed by atoms with Gasteiger partial charge in [-0.2, -0.15) is 0 Å². The van der Waals surface area contributed by atoms with Crippen molar-refractivity contribution in [1.82, 2.24) is 0 Å². The van der Waals surface area contributed by atoms with Gasteiger partial charge >= 0.3 is 0 Å². The van der Waals surface area contributed by atoms with Crippen molar-refractivity contribution in [2.45, 2.75) is 10.5 Å². The molecule has 4 nitrogen and oxygen atoms in total. The van der Waals surface area contributed by atoms with E-state index in [9.17, 15) is 19.8 Å². The van der Waals surface area contributed by atoms with Gasteiger partial charge < -0.3 is 19.8 Å². The van der Waals surface area contributed by atoms with Crippen LogP contribution in [0.3, 0.4) is 0 Å². The molecule has 1 fully saturated rings. The molecule has 80 valence electrons. The van der Waals surface area contributed by atoms with Gasteiger partial charge in [-0.05, 0) is 18.9 Å². The summed E-state index contributed by atoms with van der Waals surface area (Å²) in [6, 6.07) is 0. The van der Waals surface area contributed by atoms with Gasteiger partial charge in [0.1, 0.15) is 0 Å². The fourth-order valence-electron chi connectivity index (χ4n) is 1.76. The van der Waals surface area contributed by atoms with Crippen LogP contribution in [0.1, 0.15) is 6.42 Å². The van der Waals surface area contributed by atoms with Gasteiger partial charge in [0.25, 0.3) is 0 Å². The molecule has 6 heteroatoms.